The second-order valence-electron chi connectivity index (χ2n) is 5.40. The molecule has 0 N–H and O–H groups in total. The summed E-state index contributed by atoms with van der Waals surface area (Å²) in [6, 6.07) is 23.7. The molecule has 2 aromatic carbocycles. The molecule has 5 heteroatoms. The first-order chi connectivity index (χ1) is 12.3. The third kappa shape index (κ3) is 3.46. The predicted octanol–water partition coefficient (Wildman–Crippen LogP) is 5.03. The molecule has 0 aliphatic heterocycles. The summed E-state index contributed by atoms with van der Waals surface area (Å²) < 4.78 is 0.721. The van der Waals surface area contributed by atoms with Gasteiger partial charge in [-0.25, -0.2) is 19.9 Å². The standard InChI is InChI=1S/C20H13BrN4/c21-18-11-12-22-20(25-18)17-13-16(14-7-3-1-4-8-14)23-19(24-17)15-9-5-2-6-10-15/h1-13H. The number of halogens is 1. The lowest BCUT2D eigenvalue weighted by Crippen LogP contribution is -1.98. The third-order valence-electron chi connectivity index (χ3n) is 3.68. The van der Waals surface area contributed by atoms with Crippen molar-refractivity contribution < 1.29 is 0 Å². The van der Waals surface area contributed by atoms with E-state index in [4.69, 9.17) is 4.98 Å². The fourth-order valence-corrected chi connectivity index (χ4v) is 2.78. The van der Waals surface area contributed by atoms with Crippen molar-refractivity contribution in [3.63, 3.8) is 0 Å². The molecule has 0 spiro atoms. The highest BCUT2D eigenvalue weighted by atomic mass is 79.9. The van der Waals surface area contributed by atoms with Gasteiger partial charge in [-0.3, -0.25) is 0 Å². The van der Waals surface area contributed by atoms with Crippen molar-refractivity contribution in [2.24, 2.45) is 0 Å². The highest BCUT2D eigenvalue weighted by Gasteiger charge is 2.12. The van der Waals surface area contributed by atoms with Crippen molar-refractivity contribution in [1.82, 2.24) is 19.9 Å². The molecule has 0 saturated heterocycles. The first-order valence-corrected chi connectivity index (χ1v) is 8.58. The van der Waals surface area contributed by atoms with Crippen LogP contribution in [0.3, 0.4) is 0 Å². The molecule has 0 fully saturated rings. The van der Waals surface area contributed by atoms with Crippen LogP contribution >= 0.6 is 15.9 Å². The minimum absolute atomic E-state index is 0.561. The number of benzene rings is 2. The van der Waals surface area contributed by atoms with Crippen molar-refractivity contribution in [2.75, 3.05) is 0 Å². The second kappa shape index (κ2) is 6.91. The molecular weight excluding hydrogens is 376 g/mol. The van der Waals surface area contributed by atoms with Crippen LogP contribution in [0.15, 0.2) is 83.6 Å². The second-order valence-corrected chi connectivity index (χ2v) is 6.21. The van der Waals surface area contributed by atoms with Crippen LogP contribution in [0, 0.1) is 0 Å². The first-order valence-electron chi connectivity index (χ1n) is 7.78. The maximum atomic E-state index is 4.74. The molecule has 0 aliphatic rings. The summed E-state index contributed by atoms with van der Waals surface area (Å²) in [5.41, 5.74) is 3.51. The van der Waals surface area contributed by atoms with E-state index in [1.165, 1.54) is 0 Å². The molecule has 0 bridgehead atoms. The van der Waals surface area contributed by atoms with Gasteiger partial charge in [-0.2, -0.15) is 0 Å². The topological polar surface area (TPSA) is 51.6 Å². The highest BCUT2D eigenvalue weighted by Crippen LogP contribution is 2.26. The molecule has 0 amide bonds. The Bertz CT molecular complexity index is 947. The Morgan fingerprint density at radius 3 is 1.92 bits per heavy atom. The van der Waals surface area contributed by atoms with Crippen molar-refractivity contribution in [3.8, 4) is 34.2 Å². The Morgan fingerprint density at radius 1 is 0.600 bits per heavy atom. The van der Waals surface area contributed by atoms with Gasteiger partial charge in [0.1, 0.15) is 10.3 Å². The maximum absolute atomic E-state index is 4.74. The van der Waals surface area contributed by atoms with Crippen LogP contribution in [-0.4, -0.2) is 19.9 Å². The van der Waals surface area contributed by atoms with Crippen LogP contribution in [0.4, 0.5) is 0 Å². The Kier molecular flexibility index (Phi) is 4.31. The molecule has 4 nitrogen and oxygen atoms in total. The SMILES string of the molecule is Brc1ccnc(-c2cc(-c3ccccc3)nc(-c3ccccc3)n2)n1. The number of nitrogens with zero attached hydrogens (tertiary/aromatic N) is 4. The molecule has 0 radical (unpaired) electrons. The van der Waals surface area contributed by atoms with Crippen LogP contribution in [0.1, 0.15) is 0 Å². The van der Waals surface area contributed by atoms with Crippen LogP contribution < -0.4 is 0 Å². The molecule has 25 heavy (non-hydrogen) atoms. The molecule has 0 aliphatic carbocycles. The fourth-order valence-electron chi connectivity index (χ4n) is 2.49. The Labute approximate surface area is 153 Å². The molecule has 4 aromatic rings. The van der Waals surface area contributed by atoms with Crippen LogP contribution in [0.25, 0.3) is 34.2 Å². The summed E-state index contributed by atoms with van der Waals surface area (Å²) in [6.45, 7) is 0. The van der Waals surface area contributed by atoms with Gasteiger partial charge >= 0.3 is 0 Å². The van der Waals surface area contributed by atoms with E-state index in [1.54, 1.807) is 12.3 Å². The van der Waals surface area contributed by atoms with Gasteiger partial charge in [0.05, 0.1) is 5.69 Å². The Hall–Kier alpha value is -2.92. The molecule has 0 saturated carbocycles. The Morgan fingerprint density at radius 2 is 1.24 bits per heavy atom. The summed E-state index contributed by atoms with van der Waals surface area (Å²) >= 11 is 3.39. The molecular formula is C20H13BrN4. The van der Waals surface area contributed by atoms with Gasteiger partial charge in [-0.05, 0) is 28.1 Å². The lowest BCUT2D eigenvalue weighted by atomic mass is 10.1. The van der Waals surface area contributed by atoms with E-state index < -0.39 is 0 Å². The van der Waals surface area contributed by atoms with Gasteiger partial charge in [-0.15, -0.1) is 0 Å². The zero-order chi connectivity index (χ0) is 17.1. The molecule has 120 valence electrons. The average molecular weight is 389 g/mol. The molecule has 4 rings (SSSR count). The summed E-state index contributed by atoms with van der Waals surface area (Å²) in [6.07, 6.45) is 1.71. The highest BCUT2D eigenvalue weighted by molar-refractivity contribution is 9.10. The summed E-state index contributed by atoms with van der Waals surface area (Å²) in [4.78, 5) is 18.2. The average Bonchev–Trinajstić information content (AvgIpc) is 2.69. The van der Waals surface area contributed by atoms with Crippen LogP contribution in [0.2, 0.25) is 0 Å². The lowest BCUT2D eigenvalue weighted by molar-refractivity contribution is 1.10. The maximum Gasteiger partial charge on any atom is 0.179 e. The monoisotopic (exact) mass is 388 g/mol. The fraction of sp³-hybridized carbons (Fsp3) is 0. The van der Waals surface area contributed by atoms with E-state index in [0.29, 0.717) is 17.3 Å². The molecule has 0 unspecified atom stereocenters. The van der Waals surface area contributed by atoms with Crippen LogP contribution in [-0.2, 0) is 0 Å². The number of hydrogen-bond donors (Lipinski definition) is 0. The quantitative estimate of drug-likeness (QED) is 0.461. The molecule has 0 atom stereocenters. The van der Waals surface area contributed by atoms with Crippen LogP contribution in [0.5, 0.6) is 0 Å². The minimum atomic E-state index is 0.561. The summed E-state index contributed by atoms with van der Waals surface area (Å²) in [5.74, 6) is 1.21. The number of aromatic nitrogens is 4. The van der Waals surface area contributed by atoms with Gasteiger partial charge < -0.3 is 0 Å². The van der Waals surface area contributed by atoms with Gasteiger partial charge in [0, 0.05) is 17.3 Å². The lowest BCUT2D eigenvalue weighted by Gasteiger charge is -2.08. The zero-order valence-corrected chi connectivity index (χ0v) is 14.8. The van der Waals surface area contributed by atoms with Gasteiger partial charge in [-0.1, -0.05) is 60.7 Å². The van der Waals surface area contributed by atoms with Gasteiger partial charge in [0.2, 0.25) is 0 Å². The third-order valence-corrected chi connectivity index (χ3v) is 4.12. The predicted molar refractivity (Wildman–Crippen MR) is 102 cm³/mol. The Balaban J connectivity index is 1.92. The molecule has 2 aromatic heterocycles. The van der Waals surface area contributed by atoms with E-state index in [-0.39, 0.29) is 0 Å². The first kappa shape index (κ1) is 15.6. The van der Waals surface area contributed by atoms with E-state index >= 15 is 0 Å². The minimum Gasteiger partial charge on any atom is -0.235 e. The van der Waals surface area contributed by atoms with Crippen molar-refractivity contribution >= 4 is 15.9 Å². The number of hydrogen-bond acceptors (Lipinski definition) is 4. The summed E-state index contributed by atoms with van der Waals surface area (Å²) in [5, 5.41) is 0. The largest absolute Gasteiger partial charge is 0.235 e. The van der Waals surface area contributed by atoms with Crippen molar-refractivity contribution in [1.29, 1.82) is 0 Å². The van der Waals surface area contributed by atoms with E-state index in [2.05, 4.69) is 30.9 Å². The van der Waals surface area contributed by atoms with E-state index in [0.717, 1.165) is 21.4 Å². The van der Waals surface area contributed by atoms with Crippen molar-refractivity contribution in [3.05, 3.63) is 83.6 Å². The normalized spacial score (nSPS) is 10.6. The van der Waals surface area contributed by atoms with Gasteiger partial charge in [0.25, 0.3) is 0 Å². The smallest absolute Gasteiger partial charge is 0.179 e. The number of rotatable bonds is 3. The molecule has 2 heterocycles. The van der Waals surface area contributed by atoms with Gasteiger partial charge in [0.15, 0.2) is 11.6 Å². The van der Waals surface area contributed by atoms with E-state index in [9.17, 15) is 0 Å². The van der Waals surface area contributed by atoms with Crippen molar-refractivity contribution in [2.45, 2.75) is 0 Å². The zero-order valence-electron chi connectivity index (χ0n) is 13.2. The van der Waals surface area contributed by atoms with E-state index in [1.807, 2.05) is 66.7 Å². The summed E-state index contributed by atoms with van der Waals surface area (Å²) in [7, 11) is 0.